The third kappa shape index (κ3) is 7.12. The molecule has 0 radical (unpaired) electrons. The summed E-state index contributed by atoms with van der Waals surface area (Å²) in [6.45, 7) is 0.144. The molecule has 2 amide bonds. The van der Waals surface area contributed by atoms with E-state index in [9.17, 15) is 19.2 Å². The van der Waals surface area contributed by atoms with Crippen molar-refractivity contribution in [2.24, 2.45) is 0 Å². The van der Waals surface area contributed by atoms with Crippen LogP contribution in [0.2, 0.25) is 0 Å². The van der Waals surface area contributed by atoms with Gasteiger partial charge in [0.15, 0.2) is 0 Å². The number of nitrogens with zero attached hydrogens (tertiary/aromatic N) is 1. The molecule has 0 bridgehead atoms. The third-order valence-corrected chi connectivity index (χ3v) is 4.65. The first-order chi connectivity index (χ1) is 15.3. The topological polar surface area (TPSA) is 111 Å². The fourth-order valence-electron chi connectivity index (χ4n) is 2.75. The maximum atomic E-state index is 12.5. The van der Waals surface area contributed by atoms with E-state index in [1.54, 1.807) is 19.2 Å². The molecular weight excluding hydrogens is 416 g/mol. The normalized spacial score (nSPS) is 11.1. The van der Waals surface area contributed by atoms with Crippen LogP contribution >= 0.6 is 0 Å². The summed E-state index contributed by atoms with van der Waals surface area (Å²) in [6, 6.07) is 14.5. The van der Waals surface area contributed by atoms with Gasteiger partial charge in [-0.1, -0.05) is 30.3 Å². The first-order valence-corrected chi connectivity index (χ1v) is 9.85. The molecule has 0 aliphatic heterocycles. The number of hydrogen-bond donors (Lipinski definition) is 1. The van der Waals surface area contributed by atoms with Crippen molar-refractivity contribution in [1.82, 2.24) is 5.32 Å². The Bertz CT molecular complexity index is 929. The lowest BCUT2D eigenvalue weighted by Crippen LogP contribution is -2.41. The zero-order valence-electron chi connectivity index (χ0n) is 18.2. The molecule has 32 heavy (non-hydrogen) atoms. The smallest absolute Gasteiger partial charge is 0.414 e. The highest BCUT2D eigenvalue weighted by molar-refractivity contribution is 5.97. The van der Waals surface area contributed by atoms with Gasteiger partial charge < -0.3 is 19.5 Å². The molecule has 0 aliphatic rings. The second-order valence-corrected chi connectivity index (χ2v) is 6.81. The number of esters is 2. The van der Waals surface area contributed by atoms with E-state index in [4.69, 9.17) is 4.74 Å². The standard InChI is InChI=1S/C23H26N2O7/c1-25(23(29)32-15-16-7-5-4-6-8-16)18-11-9-17(10-12-18)21(27)24-19(22(28)31-3)13-14-20(26)30-2/h4-12,19H,13-15H2,1-3H3,(H,24,27)/t19-/m0/s1. The Labute approximate surface area is 186 Å². The molecule has 170 valence electrons. The average molecular weight is 442 g/mol. The van der Waals surface area contributed by atoms with Crippen LogP contribution in [0.5, 0.6) is 0 Å². The second-order valence-electron chi connectivity index (χ2n) is 6.81. The van der Waals surface area contributed by atoms with Crippen molar-refractivity contribution in [2.45, 2.75) is 25.5 Å². The maximum Gasteiger partial charge on any atom is 0.414 e. The Hall–Kier alpha value is -3.88. The molecular formula is C23H26N2O7. The van der Waals surface area contributed by atoms with Crippen LogP contribution in [0.25, 0.3) is 0 Å². The molecule has 0 saturated heterocycles. The molecule has 0 heterocycles. The molecule has 9 nitrogen and oxygen atoms in total. The van der Waals surface area contributed by atoms with Crippen molar-refractivity contribution in [3.8, 4) is 0 Å². The van der Waals surface area contributed by atoms with Crippen LogP contribution in [0.1, 0.15) is 28.8 Å². The van der Waals surface area contributed by atoms with Gasteiger partial charge in [0.05, 0.1) is 14.2 Å². The fraction of sp³-hybridized carbons (Fsp3) is 0.304. The number of methoxy groups -OCH3 is 2. The van der Waals surface area contributed by atoms with Crippen LogP contribution in [0.3, 0.4) is 0 Å². The predicted octanol–water partition coefficient (Wildman–Crippen LogP) is 2.68. The van der Waals surface area contributed by atoms with E-state index in [1.165, 1.54) is 31.3 Å². The van der Waals surface area contributed by atoms with Crippen LogP contribution < -0.4 is 10.2 Å². The number of nitrogens with one attached hydrogen (secondary N) is 1. The monoisotopic (exact) mass is 442 g/mol. The Morgan fingerprint density at radius 1 is 0.938 bits per heavy atom. The van der Waals surface area contributed by atoms with Gasteiger partial charge in [0.2, 0.25) is 0 Å². The van der Waals surface area contributed by atoms with Crippen LogP contribution in [-0.4, -0.2) is 51.2 Å². The number of carbonyl (C=O) groups excluding carboxylic acids is 4. The summed E-state index contributed by atoms with van der Waals surface area (Å²) in [7, 11) is 3.99. The van der Waals surface area contributed by atoms with E-state index < -0.39 is 30.0 Å². The number of anilines is 1. The van der Waals surface area contributed by atoms with Gasteiger partial charge in [-0.05, 0) is 36.2 Å². The molecule has 1 atom stereocenters. The molecule has 2 aromatic carbocycles. The van der Waals surface area contributed by atoms with Crippen molar-refractivity contribution < 1.29 is 33.4 Å². The Morgan fingerprint density at radius 2 is 1.59 bits per heavy atom. The van der Waals surface area contributed by atoms with Gasteiger partial charge in [0, 0.05) is 24.7 Å². The Balaban J connectivity index is 1.96. The van der Waals surface area contributed by atoms with Gasteiger partial charge in [-0.25, -0.2) is 9.59 Å². The van der Waals surface area contributed by atoms with E-state index in [0.29, 0.717) is 5.69 Å². The van der Waals surface area contributed by atoms with Crippen LogP contribution in [-0.2, 0) is 30.4 Å². The molecule has 1 N–H and O–H groups in total. The van der Waals surface area contributed by atoms with Gasteiger partial charge in [0.1, 0.15) is 12.6 Å². The van der Waals surface area contributed by atoms with Crippen molar-refractivity contribution >= 4 is 29.6 Å². The maximum absolute atomic E-state index is 12.5. The molecule has 0 unspecified atom stereocenters. The minimum Gasteiger partial charge on any atom is -0.469 e. The molecule has 0 aliphatic carbocycles. The third-order valence-electron chi connectivity index (χ3n) is 4.65. The molecule has 0 saturated carbocycles. The number of benzene rings is 2. The van der Waals surface area contributed by atoms with Crippen molar-refractivity contribution in [2.75, 3.05) is 26.2 Å². The highest BCUT2D eigenvalue weighted by atomic mass is 16.6. The van der Waals surface area contributed by atoms with E-state index in [-0.39, 0.29) is 25.0 Å². The summed E-state index contributed by atoms with van der Waals surface area (Å²) >= 11 is 0. The first kappa shape index (κ1) is 24.4. The number of carbonyl (C=O) groups is 4. The lowest BCUT2D eigenvalue weighted by Gasteiger charge is -2.18. The van der Waals surface area contributed by atoms with Gasteiger partial charge in [0.25, 0.3) is 5.91 Å². The zero-order chi connectivity index (χ0) is 23.5. The minimum atomic E-state index is -0.998. The van der Waals surface area contributed by atoms with Gasteiger partial charge in [-0.15, -0.1) is 0 Å². The van der Waals surface area contributed by atoms with E-state index >= 15 is 0 Å². The lowest BCUT2D eigenvalue weighted by molar-refractivity contribution is -0.144. The van der Waals surface area contributed by atoms with E-state index in [0.717, 1.165) is 5.56 Å². The second kappa shape index (κ2) is 12.1. The highest BCUT2D eigenvalue weighted by Gasteiger charge is 2.23. The van der Waals surface area contributed by atoms with Crippen molar-refractivity contribution in [3.63, 3.8) is 0 Å². The van der Waals surface area contributed by atoms with Gasteiger partial charge in [-0.2, -0.15) is 0 Å². The van der Waals surface area contributed by atoms with Crippen LogP contribution in [0.15, 0.2) is 54.6 Å². The van der Waals surface area contributed by atoms with Gasteiger partial charge in [-0.3, -0.25) is 14.5 Å². The molecule has 0 aromatic heterocycles. The lowest BCUT2D eigenvalue weighted by atomic mass is 10.1. The Kier molecular flexibility index (Phi) is 9.22. The van der Waals surface area contributed by atoms with Crippen molar-refractivity contribution in [3.05, 3.63) is 65.7 Å². The first-order valence-electron chi connectivity index (χ1n) is 9.85. The predicted molar refractivity (Wildman–Crippen MR) is 116 cm³/mol. The fourth-order valence-corrected chi connectivity index (χ4v) is 2.75. The summed E-state index contributed by atoms with van der Waals surface area (Å²) in [5.41, 5.74) is 1.66. The summed E-state index contributed by atoms with van der Waals surface area (Å²) in [5, 5.41) is 2.55. The SMILES string of the molecule is COC(=O)CC[C@H](NC(=O)c1ccc(N(C)C(=O)OCc2ccccc2)cc1)C(=O)OC. The largest absolute Gasteiger partial charge is 0.469 e. The van der Waals surface area contributed by atoms with E-state index in [1.807, 2.05) is 30.3 Å². The number of rotatable bonds is 9. The molecule has 2 rings (SSSR count). The number of hydrogen-bond acceptors (Lipinski definition) is 7. The molecule has 9 heteroatoms. The minimum absolute atomic E-state index is 0.0408. The summed E-state index contributed by atoms with van der Waals surface area (Å²) in [6.07, 6.45) is -0.551. The number of ether oxygens (including phenoxy) is 3. The zero-order valence-corrected chi connectivity index (χ0v) is 18.2. The molecule has 0 spiro atoms. The van der Waals surface area contributed by atoms with Crippen LogP contribution in [0, 0.1) is 0 Å². The number of amides is 2. The van der Waals surface area contributed by atoms with Gasteiger partial charge >= 0.3 is 18.0 Å². The summed E-state index contributed by atoms with van der Waals surface area (Å²) < 4.78 is 14.5. The van der Waals surface area contributed by atoms with Crippen molar-refractivity contribution in [1.29, 1.82) is 0 Å². The van der Waals surface area contributed by atoms with E-state index in [2.05, 4.69) is 14.8 Å². The molecule has 0 fully saturated rings. The van der Waals surface area contributed by atoms with Crippen LogP contribution in [0.4, 0.5) is 10.5 Å². The average Bonchev–Trinajstić information content (AvgIpc) is 2.84. The highest BCUT2D eigenvalue weighted by Crippen LogP contribution is 2.16. The summed E-state index contributed by atoms with van der Waals surface area (Å²) in [5.74, 6) is -1.69. The quantitative estimate of drug-likeness (QED) is 0.469. The Morgan fingerprint density at radius 3 is 2.19 bits per heavy atom. The molecule has 2 aromatic rings. The summed E-state index contributed by atoms with van der Waals surface area (Å²) in [4.78, 5) is 49.4.